The number of aromatic amines is 1. The Morgan fingerprint density at radius 3 is 2.81 bits per heavy atom. The molecule has 0 unspecified atom stereocenters. The number of halogens is 1. The van der Waals surface area contributed by atoms with Crippen LogP contribution in [0.2, 0.25) is 0 Å². The number of methoxy groups -OCH3 is 2. The maximum atomic E-state index is 14.4. The summed E-state index contributed by atoms with van der Waals surface area (Å²) < 4.78 is 33.1. The van der Waals surface area contributed by atoms with Gasteiger partial charge in [0.25, 0.3) is 0 Å². The monoisotopic (exact) mass is 496 g/mol. The Balaban J connectivity index is 1.88. The zero-order valence-electron chi connectivity index (χ0n) is 20.9. The summed E-state index contributed by atoms with van der Waals surface area (Å²) in [6, 6.07) is 6.70. The number of aliphatic carboxylic acids is 1. The van der Waals surface area contributed by atoms with E-state index in [1.54, 1.807) is 32.4 Å². The van der Waals surface area contributed by atoms with Gasteiger partial charge in [-0.1, -0.05) is 13.8 Å². The second kappa shape index (κ2) is 8.56. The molecule has 36 heavy (non-hydrogen) atoms. The average Bonchev–Trinajstić information content (AvgIpc) is 3.53. The zero-order valence-corrected chi connectivity index (χ0v) is 20.9. The third kappa shape index (κ3) is 3.72. The number of carboxylic acid groups (broad SMARTS) is 1. The van der Waals surface area contributed by atoms with Gasteiger partial charge in [0.05, 0.1) is 37.6 Å². The lowest BCUT2D eigenvalue weighted by atomic mass is 9.81. The smallest absolute Gasteiger partial charge is 0.335 e. The fourth-order valence-corrected chi connectivity index (χ4v) is 5.34. The van der Waals surface area contributed by atoms with E-state index in [4.69, 9.17) is 19.2 Å². The van der Waals surface area contributed by atoms with E-state index in [0.29, 0.717) is 23.5 Å². The van der Waals surface area contributed by atoms with Crippen LogP contribution < -0.4 is 4.74 Å². The molecule has 4 aromatic rings. The van der Waals surface area contributed by atoms with Crippen LogP contribution in [0.3, 0.4) is 0 Å². The molecule has 5 rings (SSSR count). The van der Waals surface area contributed by atoms with Crippen LogP contribution in [0.15, 0.2) is 30.5 Å². The van der Waals surface area contributed by atoms with E-state index in [9.17, 15) is 14.3 Å². The minimum atomic E-state index is -1.31. The summed E-state index contributed by atoms with van der Waals surface area (Å²) in [6.45, 7) is 6.33. The van der Waals surface area contributed by atoms with Gasteiger partial charge in [-0.05, 0) is 31.5 Å². The highest BCUT2D eigenvalue weighted by molar-refractivity contribution is 5.94. The third-order valence-electron chi connectivity index (χ3n) is 7.02. The van der Waals surface area contributed by atoms with Gasteiger partial charge in [-0.2, -0.15) is 5.10 Å². The Kier molecular flexibility index (Phi) is 5.76. The molecule has 0 spiro atoms. The highest BCUT2D eigenvalue weighted by Gasteiger charge is 2.46. The number of ether oxygens (including phenoxy) is 3. The first-order valence-electron chi connectivity index (χ1n) is 11.7. The summed E-state index contributed by atoms with van der Waals surface area (Å²) >= 11 is 0. The lowest BCUT2D eigenvalue weighted by molar-refractivity contribution is -0.157. The van der Waals surface area contributed by atoms with Crippen molar-refractivity contribution in [2.24, 2.45) is 0 Å². The predicted molar refractivity (Wildman–Crippen MR) is 131 cm³/mol. The van der Waals surface area contributed by atoms with Crippen molar-refractivity contribution in [3.8, 4) is 11.4 Å². The first-order valence-corrected chi connectivity index (χ1v) is 11.7. The molecule has 190 valence electrons. The molecule has 3 aromatic heterocycles. The highest BCUT2D eigenvalue weighted by Crippen LogP contribution is 2.46. The minimum absolute atomic E-state index is 0.117. The second-order valence-electron chi connectivity index (χ2n) is 10.1. The molecule has 2 atom stereocenters. The van der Waals surface area contributed by atoms with E-state index in [1.807, 2.05) is 10.6 Å². The fraction of sp³-hybridized carbons (Fsp3) is 0.423. The van der Waals surface area contributed by atoms with Crippen molar-refractivity contribution in [2.75, 3.05) is 27.4 Å². The molecule has 4 heterocycles. The van der Waals surface area contributed by atoms with Crippen molar-refractivity contribution in [1.82, 2.24) is 19.7 Å². The minimum Gasteiger partial charge on any atom is -0.494 e. The summed E-state index contributed by atoms with van der Waals surface area (Å²) in [5.74, 6) is -1.59. The summed E-state index contributed by atoms with van der Waals surface area (Å²) in [5, 5.41) is 17.7. The average molecular weight is 497 g/mol. The van der Waals surface area contributed by atoms with Gasteiger partial charge < -0.3 is 23.9 Å². The van der Waals surface area contributed by atoms with Crippen molar-refractivity contribution in [3.05, 3.63) is 47.5 Å². The number of carbonyl (C=O) groups is 1. The Labute approximate surface area is 207 Å². The molecular formula is C26H29FN4O5. The number of aromatic nitrogens is 4. The number of carboxylic acids is 1. The third-order valence-corrected chi connectivity index (χ3v) is 7.02. The summed E-state index contributed by atoms with van der Waals surface area (Å²) in [7, 11) is 3.07. The quantitative estimate of drug-likeness (QED) is 0.392. The lowest BCUT2D eigenvalue weighted by Gasteiger charge is -2.29. The van der Waals surface area contributed by atoms with Crippen LogP contribution in [0, 0.1) is 5.82 Å². The predicted octanol–water partition coefficient (Wildman–Crippen LogP) is 4.32. The Bertz CT molecular complexity index is 1480. The van der Waals surface area contributed by atoms with Gasteiger partial charge in [0, 0.05) is 46.8 Å². The molecule has 1 aliphatic rings. The molecule has 1 aromatic carbocycles. The van der Waals surface area contributed by atoms with E-state index in [-0.39, 0.29) is 24.7 Å². The molecule has 1 saturated heterocycles. The van der Waals surface area contributed by atoms with Crippen LogP contribution in [0.5, 0.6) is 5.75 Å². The Morgan fingerprint density at radius 1 is 1.36 bits per heavy atom. The van der Waals surface area contributed by atoms with Gasteiger partial charge in [-0.25, -0.2) is 14.2 Å². The van der Waals surface area contributed by atoms with Gasteiger partial charge >= 0.3 is 5.97 Å². The summed E-state index contributed by atoms with van der Waals surface area (Å²) in [4.78, 5) is 16.9. The molecule has 0 bridgehead atoms. The molecule has 1 fully saturated rings. The number of rotatable bonds is 7. The first-order chi connectivity index (χ1) is 17.1. The normalized spacial score (nSPS) is 20.4. The molecule has 0 radical (unpaired) electrons. The molecule has 2 N–H and O–H groups in total. The molecular weight excluding hydrogens is 467 g/mol. The summed E-state index contributed by atoms with van der Waals surface area (Å²) in [6.07, 6.45) is 1.98. The number of nitrogens with one attached hydrogen (secondary N) is 1. The lowest BCUT2D eigenvalue weighted by Crippen LogP contribution is -2.34. The number of nitrogens with zero attached hydrogens (tertiary/aromatic N) is 3. The van der Waals surface area contributed by atoms with Crippen LogP contribution >= 0.6 is 0 Å². The van der Waals surface area contributed by atoms with Crippen LogP contribution in [0.4, 0.5) is 4.39 Å². The van der Waals surface area contributed by atoms with Gasteiger partial charge in [-0.3, -0.25) is 5.10 Å². The number of H-pyrrole nitrogens is 1. The zero-order chi connectivity index (χ0) is 25.8. The maximum Gasteiger partial charge on any atom is 0.335 e. The summed E-state index contributed by atoms with van der Waals surface area (Å²) in [5.41, 5.74) is 2.75. The van der Waals surface area contributed by atoms with Crippen LogP contribution in [-0.4, -0.2) is 63.9 Å². The highest BCUT2D eigenvalue weighted by atomic mass is 19.1. The number of fused-ring (bicyclic) bond motifs is 2. The number of benzene rings is 1. The van der Waals surface area contributed by atoms with Gasteiger partial charge in [-0.15, -0.1) is 0 Å². The topological polar surface area (TPSA) is 111 Å². The number of hydrogen-bond acceptors (Lipinski definition) is 6. The number of pyridine rings is 1. The van der Waals surface area contributed by atoms with Crippen molar-refractivity contribution >= 4 is 28.0 Å². The van der Waals surface area contributed by atoms with E-state index >= 15 is 0 Å². The Hall–Kier alpha value is -3.50. The van der Waals surface area contributed by atoms with Crippen molar-refractivity contribution in [3.63, 3.8) is 0 Å². The standard InChI is InChI=1S/C26H29FN4O5/c1-25(2,13-34-4)22-20(15-10-26(3,24(32)33)36-12-15)21-18(8-14-11-28-30-23(14)29-21)31(22)16-6-7-17(27)19(9-16)35-5/h6-9,11,15H,10,12-13H2,1-5H3,(H,32,33)(H,28,29,30)/t15-,26+/m0/s1. The molecule has 1 aliphatic heterocycles. The maximum absolute atomic E-state index is 14.4. The van der Waals surface area contributed by atoms with Gasteiger partial charge in [0.15, 0.2) is 22.8 Å². The van der Waals surface area contributed by atoms with E-state index in [0.717, 1.165) is 22.2 Å². The molecule has 0 aliphatic carbocycles. The van der Waals surface area contributed by atoms with Crippen LogP contribution in [0.1, 0.15) is 44.4 Å². The van der Waals surface area contributed by atoms with E-state index in [1.165, 1.54) is 13.2 Å². The number of hydrogen-bond donors (Lipinski definition) is 2. The second-order valence-corrected chi connectivity index (χ2v) is 10.1. The van der Waals surface area contributed by atoms with E-state index < -0.39 is 22.8 Å². The van der Waals surface area contributed by atoms with Crippen LogP contribution in [0.25, 0.3) is 27.8 Å². The van der Waals surface area contributed by atoms with Crippen molar-refractivity contribution < 1.29 is 28.5 Å². The fourth-order valence-electron chi connectivity index (χ4n) is 5.34. The molecule has 0 saturated carbocycles. The largest absolute Gasteiger partial charge is 0.494 e. The van der Waals surface area contributed by atoms with Crippen molar-refractivity contribution in [2.45, 2.75) is 44.1 Å². The van der Waals surface area contributed by atoms with Gasteiger partial charge in [0.2, 0.25) is 0 Å². The Morgan fingerprint density at radius 2 is 2.14 bits per heavy atom. The first kappa shape index (κ1) is 24.2. The van der Waals surface area contributed by atoms with Crippen LogP contribution in [-0.2, 0) is 19.7 Å². The van der Waals surface area contributed by atoms with Gasteiger partial charge in [0.1, 0.15) is 0 Å². The molecule has 0 amide bonds. The SMILES string of the molecule is COCC(C)(C)c1c([C@@H]2CO[C@@](C)(C(=O)O)C2)c2nc3[nH]ncc3cc2n1-c1ccc(F)c(OC)c1. The van der Waals surface area contributed by atoms with Crippen molar-refractivity contribution in [1.29, 1.82) is 0 Å². The molecule has 10 heteroatoms. The molecule has 9 nitrogen and oxygen atoms in total. The van der Waals surface area contributed by atoms with E-state index in [2.05, 4.69) is 24.0 Å².